The molecule has 2 aromatic heterocycles. The average molecular weight is 473 g/mol. The van der Waals surface area contributed by atoms with Crippen LogP contribution >= 0.6 is 11.3 Å². The van der Waals surface area contributed by atoms with Gasteiger partial charge in [-0.05, 0) is 54.4 Å². The quantitative estimate of drug-likeness (QED) is 0.280. The SMILES string of the molecule is C=CCOc1ccc(C2C(C(=O)c3ccco3)=C(O)C(=O)N2c2nc3ccc(C)cc3s2)cc1. The summed E-state index contributed by atoms with van der Waals surface area (Å²) in [6.45, 7) is 5.97. The number of ether oxygens (including phenoxy) is 1. The number of furan rings is 1. The Bertz CT molecular complexity index is 1430. The molecule has 7 nitrogen and oxygen atoms in total. The molecule has 0 spiro atoms. The number of amides is 1. The van der Waals surface area contributed by atoms with Crippen LogP contribution in [0.2, 0.25) is 0 Å². The van der Waals surface area contributed by atoms with Gasteiger partial charge in [-0.3, -0.25) is 14.5 Å². The van der Waals surface area contributed by atoms with E-state index in [0.717, 1.165) is 15.8 Å². The second kappa shape index (κ2) is 8.64. The second-order valence-corrected chi connectivity index (χ2v) is 8.79. The highest BCUT2D eigenvalue weighted by atomic mass is 32.1. The summed E-state index contributed by atoms with van der Waals surface area (Å²) in [7, 11) is 0. The van der Waals surface area contributed by atoms with Crippen LogP contribution < -0.4 is 9.64 Å². The number of Topliss-reactive ketones (excluding diaryl/α,β-unsaturated/α-hetero) is 1. The fourth-order valence-corrected chi connectivity index (χ4v) is 5.01. The lowest BCUT2D eigenvalue weighted by molar-refractivity contribution is -0.117. The summed E-state index contributed by atoms with van der Waals surface area (Å²) in [5.74, 6) is -1.22. The molecule has 0 aliphatic carbocycles. The summed E-state index contributed by atoms with van der Waals surface area (Å²) < 4.78 is 11.7. The summed E-state index contributed by atoms with van der Waals surface area (Å²) >= 11 is 1.32. The Morgan fingerprint density at radius 2 is 2.06 bits per heavy atom. The predicted molar refractivity (Wildman–Crippen MR) is 129 cm³/mol. The van der Waals surface area contributed by atoms with Crippen LogP contribution in [0.4, 0.5) is 5.13 Å². The number of ketones is 1. The molecule has 0 bridgehead atoms. The highest BCUT2D eigenvalue weighted by Crippen LogP contribution is 2.44. The Balaban J connectivity index is 1.63. The maximum absolute atomic E-state index is 13.3. The van der Waals surface area contributed by atoms with Gasteiger partial charge in [-0.15, -0.1) is 0 Å². The number of aliphatic hydroxyl groups is 1. The Hall–Kier alpha value is -4.17. The van der Waals surface area contributed by atoms with Crippen molar-refractivity contribution in [3.63, 3.8) is 0 Å². The van der Waals surface area contributed by atoms with Gasteiger partial charge in [-0.25, -0.2) is 4.98 Å². The van der Waals surface area contributed by atoms with Crippen LogP contribution in [-0.4, -0.2) is 28.4 Å². The molecule has 2 aromatic carbocycles. The molecule has 1 amide bonds. The fraction of sp³-hybridized carbons (Fsp3) is 0.115. The lowest BCUT2D eigenvalue weighted by atomic mass is 9.95. The maximum Gasteiger partial charge on any atom is 0.296 e. The van der Waals surface area contributed by atoms with Gasteiger partial charge in [0.05, 0.1) is 28.1 Å². The van der Waals surface area contributed by atoms with E-state index >= 15 is 0 Å². The van der Waals surface area contributed by atoms with E-state index in [1.165, 1.54) is 28.6 Å². The second-order valence-electron chi connectivity index (χ2n) is 7.78. The number of hydrogen-bond acceptors (Lipinski definition) is 7. The van der Waals surface area contributed by atoms with Crippen molar-refractivity contribution in [2.45, 2.75) is 13.0 Å². The molecule has 3 heterocycles. The van der Waals surface area contributed by atoms with Gasteiger partial charge in [0.25, 0.3) is 5.91 Å². The van der Waals surface area contributed by atoms with Crippen LogP contribution in [0.1, 0.15) is 27.7 Å². The van der Waals surface area contributed by atoms with Gasteiger partial charge in [-0.2, -0.15) is 0 Å². The van der Waals surface area contributed by atoms with Crippen molar-refractivity contribution in [2.75, 3.05) is 11.5 Å². The van der Waals surface area contributed by atoms with E-state index in [0.29, 0.717) is 23.1 Å². The maximum atomic E-state index is 13.3. The number of aryl methyl sites for hydroxylation is 1. The molecule has 1 N–H and O–H groups in total. The lowest BCUT2D eigenvalue weighted by Gasteiger charge is -2.24. The van der Waals surface area contributed by atoms with Gasteiger partial charge in [-0.1, -0.05) is 42.2 Å². The standard InChI is InChI=1S/C26H20N2O5S/c1-3-12-32-17-9-7-16(8-10-17)22-21(23(29)19-5-4-13-33-19)24(30)25(31)28(22)26-27-18-11-6-15(2)14-20(18)34-26/h3-11,13-14,22,30H,1,12H2,2H3. The topological polar surface area (TPSA) is 92.9 Å². The molecule has 170 valence electrons. The van der Waals surface area contributed by atoms with Crippen molar-refractivity contribution >= 4 is 38.4 Å². The number of carbonyl (C=O) groups is 2. The summed E-state index contributed by atoms with van der Waals surface area (Å²) in [5, 5.41) is 11.2. The van der Waals surface area contributed by atoms with Crippen molar-refractivity contribution in [3.05, 3.63) is 102 Å². The van der Waals surface area contributed by atoms with E-state index in [1.54, 1.807) is 36.4 Å². The lowest BCUT2D eigenvalue weighted by Crippen LogP contribution is -2.30. The summed E-state index contributed by atoms with van der Waals surface area (Å²) in [4.78, 5) is 32.6. The molecule has 1 aliphatic rings. The number of anilines is 1. The number of carbonyl (C=O) groups excluding carboxylic acids is 2. The third-order valence-electron chi connectivity index (χ3n) is 5.50. The molecule has 34 heavy (non-hydrogen) atoms. The Morgan fingerprint density at radius 1 is 1.26 bits per heavy atom. The highest BCUT2D eigenvalue weighted by molar-refractivity contribution is 7.22. The highest BCUT2D eigenvalue weighted by Gasteiger charge is 2.46. The average Bonchev–Trinajstić information content (AvgIpc) is 3.56. The summed E-state index contributed by atoms with van der Waals surface area (Å²) in [6.07, 6.45) is 3.01. The zero-order valence-corrected chi connectivity index (χ0v) is 19.0. The molecular weight excluding hydrogens is 452 g/mol. The van der Waals surface area contributed by atoms with E-state index in [4.69, 9.17) is 9.15 Å². The predicted octanol–water partition coefficient (Wildman–Crippen LogP) is 5.55. The first-order valence-corrected chi connectivity index (χ1v) is 11.4. The minimum absolute atomic E-state index is 0.0343. The molecule has 0 saturated heterocycles. The zero-order valence-electron chi connectivity index (χ0n) is 18.2. The first-order chi connectivity index (χ1) is 16.5. The summed E-state index contributed by atoms with van der Waals surface area (Å²) in [5.41, 5.74) is 2.36. The van der Waals surface area contributed by atoms with Gasteiger partial charge in [0.2, 0.25) is 5.78 Å². The minimum atomic E-state index is -0.889. The number of hydrogen-bond donors (Lipinski definition) is 1. The number of fused-ring (bicyclic) bond motifs is 1. The molecular formula is C26H20N2O5S. The van der Waals surface area contributed by atoms with E-state index in [2.05, 4.69) is 11.6 Å². The fourth-order valence-electron chi connectivity index (χ4n) is 3.91. The number of nitrogens with zero attached hydrogens (tertiary/aromatic N) is 2. The number of aliphatic hydroxyl groups excluding tert-OH is 1. The zero-order chi connectivity index (χ0) is 23.8. The van der Waals surface area contributed by atoms with E-state index in [-0.39, 0.29) is 11.3 Å². The van der Waals surface area contributed by atoms with Gasteiger partial charge in [0.1, 0.15) is 12.4 Å². The molecule has 8 heteroatoms. The van der Waals surface area contributed by atoms with E-state index in [1.807, 2.05) is 25.1 Å². The van der Waals surface area contributed by atoms with Crippen LogP contribution in [0.5, 0.6) is 5.75 Å². The van der Waals surface area contributed by atoms with Gasteiger partial charge in [0, 0.05) is 0 Å². The first-order valence-electron chi connectivity index (χ1n) is 10.5. The minimum Gasteiger partial charge on any atom is -0.503 e. The van der Waals surface area contributed by atoms with E-state index < -0.39 is 23.5 Å². The van der Waals surface area contributed by atoms with Gasteiger partial charge >= 0.3 is 0 Å². The molecule has 1 atom stereocenters. The van der Waals surface area contributed by atoms with Crippen LogP contribution in [0, 0.1) is 6.92 Å². The molecule has 0 radical (unpaired) electrons. The number of rotatable bonds is 7. The van der Waals surface area contributed by atoms with Crippen LogP contribution in [0.3, 0.4) is 0 Å². The largest absolute Gasteiger partial charge is 0.503 e. The van der Waals surface area contributed by atoms with Crippen LogP contribution in [-0.2, 0) is 4.79 Å². The Kier molecular flexibility index (Phi) is 5.51. The van der Waals surface area contributed by atoms with Crippen molar-refractivity contribution in [2.24, 2.45) is 0 Å². The van der Waals surface area contributed by atoms with E-state index in [9.17, 15) is 14.7 Å². The van der Waals surface area contributed by atoms with Crippen molar-refractivity contribution < 1.29 is 23.8 Å². The van der Waals surface area contributed by atoms with Gasteiger partial charge in [0.15, 0.2) is 16.7 Å². The summed E-state index contributed by atoms with van der Waals surface area (Å²) in [6, 6.07) is 15.0. The third-order valence-corrected chi connectivity index (χ3v) is 6.52. The molecule has 5 rings (SSSR count). The Morgan fingerprint density at radius 3 is 2.76 bits per heavy atom. The molecule has 1 unspecified atom stereocenters. The van der Waals surface area contributed by atoms with Crippen molar-refractivity contribution in [1.29, 1.82) is 0 Å². The first kappa shape index (κ1) is 21.7. The van der Waals surface area contributed by atoms with Crippen molar-refractivity contribution in [3.8, 4) is 5.75 Å². The van der Waals surface area contributed by atoms with Crippen LogP contribution in [0.25, 0.3) is 10.2 Å². The van der Waals surface area contributed by atoms with Gasteiger partial charge < -0.3 is 14.3 Å². The molecule has 4 aromatic rings. The molecule has 0 fully saturated rings. The van der Waals surface area contributed by atoms with Crippen LogP contribution in [0.15, 0.2) is 89.3 Å². The molecule has 1 aliphatic heterocycles. The molecule has 0 saturated carbocycles. The Labute approximate surface area is 199 Å². The third kappa shape index (κ3) is 3.68. The number of aromatic nitrogens is 1. The smallest absolute Gasteiger partial charge is 0.296 e. The number of thiazole rings is 1. The number of benzene rings is 2. The monoisotopic (exact) mass is 472 g/mol. The normalized spacial score (nSPS) is 15.9. The van der Waals surface area contributed by atoms with Crippen molar-refractivity contribution in [1.82, 2.24) is 4.98 Å².